The lowest BCUT2D eigenvalue weighted by atomic mass is 10.1. The maximum Gasteiger partial charge on any atom is 0.256 e. The van der Waals surface area contributed by atoms with Crippen molar-refractivity contribution in [2.24, 2.45) is 0 Å². The van der Waals surface area contributed by atoms with E-state index in [1.165, 1.54) is 17.3 Å². The number of benzene rings is 2. The third-order valence-electron chi connectivity index (χ3n) is 4.42. The summed E-state index contributed by atoms with van der Waals surface area (Å²) in [5.74, 6) is -0.198. The van der Waals surface area contributed by atoms with Crippen LogP contribution in [0.15, 0.2) is 53.4 Å². The van der Waals surface area contributed by atoms with Crippen molar-refractivity contribution in [3.05, 3.63) is 59.7 Å². The molecule has 0 spiro atoms. The highest BCUT2D eigenvalue weighted by atomic mass is 32.2. The van der Waals surface area contributed by atoms with Crippen molar-refractivity contribution in [3.8, 4) is 0 Å². The number of para-hydroxylation sites is 1. The average molecular weight is 385 g/mol. The van der Waals surface area contributed by atoms with E-state index in [1.807, 2.05) is 50.2 Å². The van der Waals surface area contributed by atoms with Crippen LogP contribution in [0.25, 0.3) is 0 Å². The zero-order chi connectivity index (χ0) is 19.2. The molecule has 1 fully saturated rings. The Hall–Kier alpha value is -2.31. The molecule has 27 heavy (non-hydrogen) atoms. The Labute approximate surface area is 164 Å². The average Bonchev–Trinajstić information content (AvgIpc) is 2.70. The highest BCUT2D eigenvalue weighted by molar-refractivity contribution is 8.00. The van der Waals surface area contributed by atoms with Crippen LogP contribution in [-0.2, 0) is 9.53 Å². The molecule has 1 heterocycles. The summed E-state index contributed by atoms with van der Waals surface area (Å²) in [5, 5.41) is 2.64. The molecule has 1 atom stereocenters. The van der Waals surface area contributed by atoms with Crippen molar-refractivity contribution in [2.75, 3.05) is 31.6 Å². The van der Waals surface area contributed by atoms with Gasteiger partial charge in [0.25, 0.3) is 5.91 Å². The molecule has 2 aromatic carbocycles. The number of ether oxygens (including phenoxy) is 1. The van der Waals surface area contributed by atoms with Gasteiger partial charge in [0, 0.05) is 18.0 Å². The van der Waals surface area contributed by atoms with Crippen molar-refractivity contribution in [1.82, 2.24) is 4.90 Å². The topological polar surface area (TPSA) is 58.6 Å². The number of nitrogens with one attached hydrogen (secondary N) is 1. The number of morpholine rings is 1. The smallest absolute Gasteiger partial charge is 0.256 e. The summed E-state index contributed by atoms with van der Waals surface area (Å²) in [4.78, 5) is 28.3. The predicted octanol–water partition coefficient (Wildman–Crippen LogP) is 3.59. The van der Waals surface area contributed by atoms with Crippen LogP contribution in [0, 0.1) is 6.92 Å². The fraction of sp³-hybridized carbons (Fsp3) is 0.333. The molecule has 0 aliphatic carbocycles. The van der Waals surface area contributed by atoms with E-state index in [4.69, 9.17) is 4.74 Å². The molecule has 6 heteroatoms. The lowest BCUT2D eigenvalue weighted by molar-refractivity contribution is -0.115. The van der Waals surface area contributed by atoms with Gasteiger partial charge in [-0.1, -0.05) is 29.8 Å². The van der Waals surface area contributed by atoms with Crippen LogP contribution in [0.5, 0.6) is 0 Å². The van der Waals surface area contributed by atoms with Gasteiger partial charge in [0.15, 0.2) is 0 Å². The zero-order valence-electron chi connectivity index (χ0n) is 15.6. The number of hydrogen-bond donors (Lipinski definition) is 1. The van der Waals surface area contributed by atoms with Crippen LogP contribution in [0.4, 0.5) is 5.69 Å². The summed E-state index contributed by atoms with van der Waals surface area (Å²) in [6, 6.07) is 15.3. The van der Waals surface area contributed by atoms with Gasteiger partial charge in [0.2, 0.25) is 5.91 Å². The second-order valence-electron chi connectivity index (χ2n) is 6.51. The number of carbonyl (C=O) groups is 2. The van der Waals surface area contributed by atoms with E-state index in [-0.39, 0.29) is 17.1 Å². The Morgan fingerprint density at radius 1 is 1.07 bits per heavy atom. The van der Waals surface area contributed by atoms with Gasteiger partial charge in [-0.05, 0) is 38.1 Å². The molecule has 0 saturated carbocycles. The van der Waals surface area contributed by atoms with Crippen molar-refractivity contribution in [1.29, 1.82) is 0 Å². The summed E-state index contributed by atoms with van der Waals surface area (Å²) in [5.41, 5.74) is 2.25. The number of thioether (sulfide) groups is 1. The summed E-state index contributed by atoms with van der Waals surface area (Å²) in [7, 11) is 0. The number of nitrogens with zero attached hydrogens (tertiary/aromatic N) is 1. The Morgan fingerprint density at radius 2 is 1.74 bits per heavy atom. The third kappa shape index (κ3) is 5.11. The zero-order valence-corrected chi connectivity index (χ0v) is 16.4. The van der Waals surface area contributed by atoms with Crippen molar-refractivity contribution < 1.29 is 14.3 Å². The summed E-state index contributed by atoms with van der Waals surface area (Å²) in [6.45, 7) is 6.13. The van der Waals surface area contributed by atoms with E-state index in [1.54, 1.807) is 17.0 Å². The molecule has 142 valence electrons. The molecule has 2 amide bonds. The molecule has 5 nitrogen and oxygen atoms in total. The van der Waals surface area contributed by atoms with Crippen molar-refractivity contribution in [2.45, 2.75) is 24.0 Å². The minimum absolute atomic E-state index is 0.0759. The van der Waals surface area contributed by atoms with Crippen LogP contribution in [-0.4, -0.2) is 48.3 Å². The lowest BCUT2D eigenvalue weighted by Crippen LogP contribution is -2.41. The Kier molecular flexibility index (Phi) is 6.53. The number of rotatable bonds is 5. The van der Waals surface area contributed by atoms with Gasteiger partial charge in [-0.2, -0.15) is 0 Å². The van der Waals surface area contributed by atoms with Crippen LogP contribution < -0.4 is 5.32 Å². The third-order valence-corrected chi connectivity index (χ3v) is 5.53. The normalized spacial score (nSPS) is 15.3. The summed E-state index contributed by atoms with van der Waals surface area (Å²) < 4.78 is 5.31. The Morgan fingerprint density at radius 3 is 2.44 bits per heavy atom. The second-order valence-corrected chi connectivity index (χ2v) is 7.93. The fourth-order valence-electron chi connectivity index (χ4n) is 2.82. The SMILES string of the molecule is Cc1ccc(S[C@@H](C)C(=O)Nc2ccccc2C(=O)N2CCOCC2)cc1. The minimum atomic E-state index is -0.278. The molecule has 0 aromatic heterocycles. The Balaban J connectivity index is 1.68. The molecule has 3 rings (SSSR count). The van der Waals surface area contributed by atoms with Gasteiger partial charge >= 0.3 is 0 Å². The van der Waals surface area contributed by atoms with E-state index in [0.717, 1.165) is 4.90 Å². The van der Waals surface area contributed by atoms with E-state index in [9.17, 15) is 9.59 Å². The van der Waals surface area contributed by atoms with Crippen LogP contribution in [0.1, 0.15) is 22.8 Å². The molecule has 2 aromatic rings. The van der Waals surface area contributed by atoms with E-state index in [0.29, 0.717) is 37.6 Å². The van der Waals surface area contributed by atoms with Crippen molar-refractivity contribution >= 4 is 29.3 Å². The first kappa shape index (κ1) is 19.5. The number of amides is 2. The van der Waals surface area contributed by atoms with Gasteiger partial charge in [0.05, 0.1) is 29.7 Å². The van der Waals surface area contributed by atoms with Crippen molar-refractivity contribution in [3.63, 3.8) is 0 Å². The standard InChI is InChI=1S/C21H24N2O3S/c1-15-7-9-17(10-8-15)27-16(2)20(24)22-19-6-4-3-5-18(19)21(25)23-11-13-26-14-12-23/h3-10,16H,11-14H2,1-2H3,(H,22,24)/t16-/m0/s1. The number of aryl methyl sites for hydroxylation is 1. The second kappa shape index (κ2) is 9.06. The molecular formula is C21H24N2O3S. The Bertz CT molecular complexity index is 801. The van der Waals surface area contributed by atoms with E-state index < -0.39 is 0 Å². The number of anilines is 1. The number of carbonyl (C=O) groups excluding carboxylic acids is 2. The first-order valence-corrected chi connectivity index (χ1v) is 9.93. The maximum absolute atomic E-state index is 12.8. The molecular weight excluding hydrogens is 360 g/mol. The quantitative estimate of drug-likeness (QED) is 0.801. The predicted molar refractivity (Wildman–Crippen MR) is 108 cm³/mol. The molecule has 0 radical (unpaired) electrons. The van der Waals surface area contributed by atoms with E-state index >= 15 is 0 Å². The molecule has 1 aliphatic rings. The molecule has 0 unspecified atom stereocenters. The fourth-order valence-corrected chi connectivity index (χ4v) is 3.69. The highest BCUT2D eigenvalue weighted by Gasteiger charge is 2.22. The van der Waals surface area contributed by atoms with E-state index in [2.05, 4.69) is 5.32 Å². The van der Waals surface area contributed by atoms with Gasteiger partial charge in [-0.15, -0.1) is 11.8 Å². The molecule has 1 aliphatic heterocycles. The van der Waals surface area contributed by atoms with Crippen LogP contribution in [0.3, 0.4) is 0 Å². The van der Waals surface area contributed by atoms with Gasteiger partial charge in [0.1, 0.15) is 0 Å². The number of hydrogen-bond acceptors (Lipinski definition) is 4. The largest absolute Gasteiger partial charge is 0.378 e. The molecule has 0 bridgehead atoms. The monoisotopic (exact) mass is 384 g/mol. The van der Waals surface area contributed by atoms with Crippen LogP contribution in [0.2, 0.25) is 0 Å². The molecule has 1 N–H and O–H groups in total. The lowest BCUT2D eigenvalue weighted by Gasteiger charge is -2.27. The molecule has 1 saturated heterocycles. The van der Waals surface area contributed by atoms with Gasteiger partial charge < -0.3 is 15.0 Å². The first-order valence-electron chi connectivity index (χ1n) is 9.05. The van der Waals surface area contributed by atoms with Gasteiger partial charge in [-0.25, -0.2) is 0 Å². The summed E-state index contributed by atoms with van der Waals surface area (Å²) >= 11 is 1.50. The van der Waals surface area contributed by atoms with Gasteiger partial charge in [-0.3, -0.25) is 9.59 Å². The minimum Gasteiger partial charge on any atom is -0.378 e. The maximum atomic E-state index is 12.8. The van der Waals surface area contributed by atoms with Crippen LogP contribution >= 0.6 is 11.8 Å². The highest BCUT2D eigenvalue weighted by Crippen LogP contribution is 2.25. The first-order chi connectivity index (χ1) is 13.0. The summed E-state index contributed by atoms with van der Waals surface area (Å²) in [6.07, 6.45) is 0.